The maximum Gasteiger partial charge on any atom is 0.351 e. The lowest BCUT2D eigenvalue weighted by Crippen LogP contribution is -2.39. The van der Waals surface area contributed by atoms with Crippen LogP contribution in [0.2, 0.25) is 0 Å². The lowest BCUT2D eigenvalue weighted by atomic mass is 10.2. The number of nitrogens with zero attached hydrogens (tertiary/aromatic N) is 2. The molecule has 5 nitrogen and oxygen atoms in total. The van der Waals surface area contributed by atoms with Crippen LogP contribution in [-0.4, -0.2) is 29.5 Å². The highest BCUT2D eigenvalue weighted by atomic mass is 32.1. The largest absolute Gasteiger partial charge is 0.448 e. The van der Waals surface area contributed by atoms with Crippen molar-refractivity contribution in [3.63, 3.8) is 0 Å². The highest BCUT2D eigenvalue weighted by Crippen LogP contribution is 2.30. The molecule has 1 amide bonds. The molecular formula is C22H19FN2O3S. The minimum atomic E-state index is -0.913. The van der Waals surface area contributed by atoms with Crippen molar-refractivity contribution in [2.45, 2.75) is 26.4 Å². The predicted molar refractivity (Wildman–Crippen MR) is 110 cm³/mol. The van der Waals surface area contributed by atoms with Crippen molar-refractivity contribution in [2.75, 3.05) is 11.4 Å². The van der Waals surface area contributed by atoms with Crippen LogP contribution in [0.5, 0.6) is 0 Å². The van der Waals surface area contributed by atoms with Gasteiger partial charge >= 0.3 is 5.97 Å². The van der Waals surface area contributed by atoms with Gasteiger partial charge in [-0.25, -0.2) is 14.2 Å². The number of thiazole rings is 1. The van der Waals surface area contributed by atoms with Crippen LogP contribution >= 0.6 is 11.3 Å². The molecule has 148 valence electrons. The lowest BCUT2D eigenvalue weighted by Gasteiger charge is -2.21. The maximum atomic E-state index is 13.1. The minimum Gasteiger partial charge on any atom is -0.448 e. The van der Waals surface area contributed by atoms with Crippen molar-refractivity contribution in [2.24, 2.45) is 0 Å². The summed E-state index contributed by atoms with van der Waals surface area (Å²) in [6, 6.07) is 13.6. The second-order valence-electron chi connectivity index (χ2n) is 6.86. The molecule has 4 rings (SSSR count). The standard InChI is InChI=1S/C22H19FN2O3S/c1-13-19(29-20(24-13)16-7-9-17(23)10-8-16)22(27)28-14(2)21(26)25-12-11-15-5-3-4-6-18(15)25/h3-10,14H,11-12H2,1-2H3/t14-/m0/s1. The topological polar surface area (TPSA) is 59.5 Å². The van der Waals surface area contributed by atoms with Crippen molar-refractivity contribution in [3.8, 4) is 10.6 Å². The number of benzene rings is 2. The zero-order valence-electron chi connectivity index (χ0n) is 16.0. The molecule has 3 aromatic rings. The lowest BCUT2D eigenvalue weighted by molar-refractivity contribution is -0.126. The average molecular weight is 410 g/mol. The van der Waals surface area contributed by atoms with E-state index in [1.54, 1.807) is 30.9 Å². The summed E-state index contributed by atoms with van der Waals surface area (Å²) in [6.45, 7) is 3.87. The Bertz CT molecular complexity index is 1080. The number of ether oxygens (including phenoxy) is 1. The van der Waals surface area contributed by atoms with E-state index >= 15 is 0 Å². The van der Waals surface area contributed by atoms with Gasteiger partial charge in [0.2, 0.25) is 0 Å². The van der Waals surface area contributed by atoms with Gasteiger partial charge in [-0.05, 0) is 56.2 Å². The van der Waals surface area contributed by atoms with E-state index in [4.69, 9.17) is 4.74 Å². The van der Waals surface area contributed by atoms with Gasteiger partial charge in [0, 0.05) is 17.8 Å². The van der Waals surface area contributed by atoms with E-state index in [-0.39, 0.29) is 11.7 Å². The van der Waals surface area contributed by atoms with Crippen LogP contribution in [-0.2, 0) is 16.0 Å². The van der Waals surface area contributed by atoms with Crippen LogP contribution < -0.4 is 4.90 Å². The van der Waals surface area contributed by atoms with Crippen LogP contribution in [0.3, 0.4) is 0 Å². The van der Waals surface area contributed by atoms with E-state index in [0.29, 0.717) is 22.1 Å². The van der Waals surface area contributed by atoms with Crippen LogP contribution in [0, 0.1) is 12.7 Å². The van der Waals surface area contributed by atoms with E-state index in [2.05, 4.69) is 4.98 Å². The van der Waals surface area contributed by atoms with Gasteiger partial charge < -0.3 is 9.64 Å². The van der Waals surface area contributed by atoms with E-state index in [1.165, 1.54) is 23.5 Å². The quantitative estimate of drug-likeness (QED) is 0.599. The maximum absolute atomic E-state index is 13.1. The molecule has 0 bridgehead atoms. The number of para-hydroxylation sites is 1. The number of hydrogen-bond donors (Lipinski definition) is 0. The number of aryl methyl sites for hydroxylation is 1. The summed E-state index contributed by atoms with van der Waals surface area (Å²) in [5, 5.41) is 0.599. The highest BCUT2D eigenvalue weighted by molar-refractivity contribution is 7.17. The molecule has 0 fully saturated rings. The number of carbonyl (C=O) groups is 2. The first-order chi connectivity index (χ1) is 13.9. The van der Waals surface area contributed by atoms with Gasteiger partial charge in [-0.15, -0.1) is 11.3 Å². The normalized spacial score (nSPS) is 13.8. The Morgan fingerprint density at radius 1 is 1.17 bits per heavy atom. The second kappa shape index (κ2) is 7.75. The first-order valence-electron chi connectivity index (χ1n) is 9.27. The van der Waals surface area contributed by atoms with Gasteiger partial charge in [0.25, 0.3) is 5.91 Å². The Balaban J connectivity index is 1.48. The molecule has 2 aromatic carbocycles. The molecule has 0 N–H and O–H groups in total. The number of fused-ring (bicyclic) bond motifs is 1. The summed E-state index contributed by atoms with van der Waals surface area (Å²) < 4.78 is 18.6. The van der Waals surface area contributed by atoms with Crippen LogP contribution in [0.15, 0.2) is 48.5 Å². The van der Waals surface area contributed by atoms with Crippen molar-refractivity contribution < 1.29 is 18.7 Å². The Kier molecular flexibility index (Phi) is 5.15. The molecule has 0 saturated carbocycles. The molecule has 0 unspecified atom stereocenters. The molecule has 1 aliphatic rings. The fraction of sp³-hybridized carbons (Fsp3) is 0.227. The molecular weight excluding hydrogens is 391 g/mol. The number of esters is 1. The molecule has 0 spiro atoms. The minimum absolute atomic E-state index is 0.246. The zero-order chi connectivity index (χ0) is 20.5. The smallest absolute Gasteiger partial charge is 0.351 e. The summed E-state index contributed by atoms with van der Waals surface area (Å²) in [4.78, 5) is 31.9. The summed E-state index contributed by atoms with van der Waals surface area (Å²) >= 11 is 1.17. The van der Waals surface area contributed by atoms with E-state index < -0.39 is 12.1 Å². The van der Waals surface area contributed by atoms with Crippen molar-refractivity contribution in [1.29, 1.82) is 0 Å². The monoisotopic (exact) mass is 410 g/mol. The number of halogens is 1. The van der Waals surface area contributed by atoms with Gasteiger partial charge in [0.05, 0.1) is 5.69 Å². The predicted octanol–water partition coefficient (Wildman–Crippen LogP) is 4.39. The summed E-state index contributed by atoms with van der Waals surface area (Å²) in [6.07, 6.45) is -0.123. The van der Waals surface area contributed by atoms with Crippen molar-refractivity contribution in [3.05, 3.63) is 70.5 Å². The number of aromatic nitrogens is 1. The van der Waals surface area contributed by atoms with Gasteiger partial charge in [0.15, 0.2) is 6.10 Å². The molecule has 0 saturated heterocycles. The Morgan fingerprint density at radius 2 is 1.90 bits per heavy atom. The first kappa shape index (κ1) is 19.3. The van der Waals surface area contributed by atoms with Gasteiger partial charge in [0.1, 0.15) is 15.7 Å². The Morgan fingerprint density at radius 3 is 2.66 bits per heavy atom. The second-order valence-corrected chi connectivity index (χ2v) is 7.86. The first-order valence-corrected chi connectivity index (χ1v) is 10.1. The number of anilines is 1. The van der Waals surface area contributed by atoms with Crippen LogP contribution in [0.25, 0.3) is 10.6 Å². The van der Waals surface area contributed by atoms with Crippen LogP contribution in [0.4, 0.5) is 10.1 Å². The average Bonchev–Trinajstić information content (AvgIpc) is 3.31. The molecule has 1 aromatic heterocycles. The van der Waals surface area contributed by atoms with Crippen molar-refractivity contribution in [1.82, 2.24) is 4.98 Å². The fourth-order valence-electron chi connectivity index (χ4n) is 3.35. The number of rotatable bonds is 4. The molecule has 2 heterocycles. The number of hydrogen-bond acceptors (Lipinski definition) is 5. The summed E-state index contributed by atoms with van der Waals surface area (Å²) in [5.41, 5.74) is 3.22. The number of amides is 1. The van der Waals surface area contributed by atoms with E-state index in [1.807, 2.05) is 24.3 Å². The van der Waals surface area contributed by atoms with Crippen molar-refractivity contribution >= 4 is 28.9 Å². The number of carbonyl (C=O) groups excluding carboxylic acids is 2. The van der Waals surface area contributed by atoms with E-state index in [0.717, 1.165) is 23.2 Å². The Hall–Kier alpha value is -3.06. The zero-order valence-corrected chi connectivity index (χ0v) is 16.8. The summed E-state index contributed by atoms with van der Waals surface area (Å²) in [5.74, 6) is -1.16. The third-order valence-corrected chi connectivity index (χ3v) is 6.04. The molecule has 7 heteroatoms. The SMILES string of the molecule is Cc1nc(-c2ccc(F)cc2)sc1C(=O)O[C@@H](C)C(=O)N1CCc2ccccc21. The molecule has 1 aliphatic heterocycles. The molecule has 1 atom stereocenters. The summed E-state index contributed by atoms with van der Waals surface area (Å²) in [7, 11) is 0. The fourth-order valence-corrected chi connectivity index (χ4v) is 4.31. The Labute approximate surface area is 171 Å². The molecule has 0 radical (unpaired) electrons. The van der Waals surface area contributed by atoms with Gasteiger partial charge in [-0.3, -0.25) is 4.79 Å². The van der Waals surface area contributed by atoms with Crippen LogP contribution in [0.1, 0.15) is 27.9 Å². The highest BCUT2D eigenvalue weighted by Gasteiger charge is 2.30. The third-order valence-electron chi connectivity index (χ3n) is 4.86. The van der Waals surface area contributed by atoms with Gasteiger partial charge in [-0.1, -0.05) is 18.2 Å². The molecule has 0 aliphatic carbocycles. The van der Waals surface area contributed by atoms with Gasteiger partial charge in [-0.2, -0.15) is 0 Å². The van der Waals surface area contributed by atoms with E-state index in [9.17, 15) is 14.0 Å². The third kappa shape index (κ3) is 3.78. The molecule has 29 heavy (non-hydrogen) atoms.